The van der Waals surface area contributed by atoms with Gasteiger partial charge in [-0.2, -0.15) is 0 Å². The van der Waals surface area contributed by atoms with Gasteiger partial charge in [0.25, 0.3) is 0 Å². The van der Waals surface area contributed by atoms with Crippen molar-refractivity contribution >= 4 is 12.0 Å². The molecule has 5 heteroatoms. The van der Waals surface area contributed by atoms with Crippen LogP contribution in [0.1, 0.15) is 51.2 Å². The average Bonchev–Trinajstić information content (AvgIpc) is 2.89. The molecular weight excluding hydrogens is 376 g/mol. The van der Waals surface area contributed by atoms with Crippen molar-refractivity contribution in [1.29, 1.82) is 0 Å². The van der Waals surface area contributed by atoms with Gasteiger partial charge in [-0.3, -0.25) is 9.69 Å². The number of nitrogens with zero attached hydrogens (tertiary/aromatic N) is 2. The van der Waals surface area contributed by atoms with Crippen LogP contribution in [0.5, 0.6) is 0 Å². The van der Waals surface area contributed by atoms with Crippen molar-refractivity contribution in [2.75, 3.05) is 6.54 Å². The maximum atomic E-state index is 13.5. The molecular formula is C25H32N2O3. The number of ether oxygens (including phenoxy) is 1. The number of imide groups is 1. The van der Waals surface area contributed by atoms with Gasteiger partial charge in [-0.25, -0.2) is 9.69 Å². The molecule has 30 heavy (non-hydrogen) atoms. The Hall–Kier alpha value is -2.66. The van der Waals surface area contributed by atoms with Crippen molar-refractivity contribution in [3.05, 3.63) is 71.8 Å². The highest BCUT2D eigenvalue weighted by atomic mass is 16.6. The highest BCUT2D eigenvalue weighted by Crippen LogP contribution is 2.23. The van der Waals surface area contributed by atoms with Crippen LogP contribution in [0.4, 0.5) is 4.79 Å². The monoisotopic (exact) mass is 408 g/mol. The van der Waals surface area contributed by atoms with Gasteiger partial charge in [-0.1, -0.05) is 60.7 Å². The van der Waals surface area contributed by atoms with Gasteiger partial charge in [0.05, 0.1) is 6.04 Å². The Kier molecular flexibility index (Phi) is 7.27. The number of likely N-dealkylation sites (tertiary alicyclic amines) is 1. The molecule has 2 aromatic rings. The zero-order chi connectivity index (χ0) is 21.6. The van der Waals surface area contributed by atoms with E-state index in [1.165, 1.54) is 4.90 Å². The fourth-order valence-corrected chi connectivity index (χ4v) is 3.77. The molecule has 0 bridgehead atoms. The molecule has 1 saturated heterocycles. The molecule has 160 valence electrons. The smallest absolute Gasteiger partial charge is 0.417 e. The van der Waals surface area contributed by atoms with Crippen LogP contribution in [0.3, 0.4) is 0 Å². The Balaban J connectivity index is 1.85. The third-order valence-electron chi connectivity index (χ3n) is 5.17. The van der Waals surface area contributed by atoms with E-state index in [0.717, 1.165) is 30.4 Å². The lowest BCUT2D eigenvalue weighted by Gasteiger charge is -2.33. The molecule has 0 radical (unpaired) electrons. The fraction of sp³-hybridized carbons (Fsp3) is 0.440. The summed E-state index contributed by atoms with van der Waals surface area (Å²) in [4.78, 5) is 29.7. The Morgan fingerprint density at radius 2 is 1.50 bits per heavy atom. The number of carbonyl (C=O) groups is 2. The van der Waals surface area contributed by atoms with E-state index < -0.39 is 11.7 Å². The summed E-state index contributed by atoms with van der Waals surface area (Å²) in [5.41, 5.74) is 1.66. The van der Waals surface area contributed by atoms with E-state index in [9.17, 15) is 9.59 Å². The molecule has 5 nitrogen and oxygen atoms in total. The Morgan fingerprint density at radius 3 is 2.00 bits per heavy atom. The normalized spacial score (nSPS) is 17.7. The van der Waals surface area contributed by atoms with Crippen LogP contribution >= 0.6 is 0 Å². The minimum absolute atomic E-state index is 0.159. The summed E-state index contributed by atoms with van der Waals surface area (Å²) in [5.74, 6) is -0.159. The van der Waals surface area contributed by atoms with E-state index in [-0.39, 0.29) is 11.9 Å². The molecule has 1 heterocycles. The molecule has 1 unspecified atom stereocenters. The van der Waals surface area contributed by atoms with Crippen LogP contribution in [-0.4, -0.2) is 40.0 Å². The van der Waals surface area contributed by atoms with Crippen LogP contribution in [0.2, 0.25) is 0 Å². The van der Waals surface area contributed by atoms with Crippen LogP contribution in [0.15, 0.2) is 60.7 Å². The topological polar surface area (TPSA) is 49.9 Å². The van der Waals surface area contributed by atoms with E-state index in [4.69, 9.17) is 4.74 Å². The van der Waals surface area contributed by atoms with E-state index in [1.807, 2.05) is 57.2 Å². The zero-order valence-corrected chi connectivity index (χ0v) is 18.2. The second-order valence-corrected chi connectivity index (χ2v) is 8.86. The summed E-state index contributed by atoms with van der Waals surface area (Å²) in [5, 5.41) is 0. The van der Waals surface area contributed by atoms with Gasteiger partial charge < -0.3 is 4.74 Å². The first-order chi connectivity index (χ1) is 14.3. The van der Waals surface area contributed by atoms with Crippen molar-refractivity contribution < 1.29 is 14.3 Å². The lowest BCUT2D eigenvalue weighted by Crippen LogP contribution is -2.50. The first-order valence-electron chi connectivity index (χ1n) is 10.7. The fourth-order valence-electron chi connectivity index (χ4n) is 3.77. The minimum Gasteiger partial charge on any atom is -0.443 e. The van der Waals surface area contributed by atoms with Crippen molar-refractivity contribution in [3.63, 3.8) is 0 Å². The van der Waals surface area contributed by atoms with Gasteiger partial charge in [-0.15, -0.1) is 0 Å². The molecule has 2 aromatic carbocycles. The molecule has 2 amide bonds. The van der Waals surface area contributed by atoms with Crippen molar-refractivity contribution in [2.45, 2.75) is 64.8 Å². The lowest BCUT2D eigenvalue weighted by molar-refractivity contribution is -0.136. The first-order valence-corrected chi connectivity index (χ1v) is 10.7. The molecule has 1 fully saturated rings. The average molecular weight is 409 g/mol. The summed E-state index contributed by atoms with van der Waals surface area (Å²) in [7, 11) is 0. The summed E-state index contributed by atoms with van der Waals surface area (Å²) in [6.45, 7) is 7.17. The van der Waals surface area contributed by atoms with Crippen molar-refractivity contribution in [3.8, 4) is 0 Å². The number of benzene rings is 2. The van der Waals surface area contributed by atoms with Gasteiger partial charge in [0, 0.05) is 19.6 Å². The van der Waals surface area contributed by atoms with Crippen LogP contribution in [-0.2, 0) is 22.6 Å². The number of rotatable bonds is 5. The highest BCUT2D eigenvalue weighted by molar-refractivity contribution is 5.95. The van der Waals surface area contributed by atoms with Crippen LogP contribution in [0, 0.1) is 0 Å². The Morgan fingerprint density at radius 1 is 0.967 bits per heavy atom. The summed E-state index contributed by atoms with van der Waals surface area (Å²) in [6, 6.07) is 20.0. The molecule has 0 saturated carbocycles. The maximum absolute atomic E-state index is 13.5. The molecule has 0 aliphatic carbocycles. The maximum Gasteiger partial charge on any atom is 0.417 e. The molecule has 1 aliphatic heterocycles. The summed E-state index contributed by atoms with van der Waals surface area (Å²) in [6.07, 6.45) is 1.89. The molecule has 0 N–H and O–H groups in total. The standard InChI is InChI=1S/C25H32N2O3/c1-25(2,3)30-24(29)27-17-11-10-16-22(23(27)28)26(18-20-12-6-4-7-13-20)19-21-14-8-5-9-15-21/h4-9,12-15,22H,10-11,16-19H2,1-3H3. The predicted octanol–water partition coefficient (Wildman–Crippen LogP) is 5.01. The largest absolute Gasteiger partial charge is 0.443 e. The zero-order valence-electron chi connectivity index (χ0n) is 18.2. The predicted molar refractivity (Wildman–Crippen MR) is 118 cm³/mol. The van der Waals surface area contributed by atoms with Gasteiger partial charge >= 0.3 is 6.09 Å². The van der Waals surface area contributed by atoms with E-state index >= 15 is 0 Å². The van der Waals surface area contributed by atoms with Gasteiger partial charge in [0.2, 0.25) is 5.91 Å². The van der Waals surface area contributed by atoms with E-state index in [2.05, 4.69) is 29.2 Å². The van der Waals surface area contributed by atoms with E-state index in [0.29, 0.717) is 19.6 Å². The van der Waals surface area contributed by atoms with Crippen molar-refractivity contribution in [2.24, 2.45) is 0 Å². The second-order valence-electron chi connectivity index (χ2n) is 8.86. The first kappa shape index (κ1) is 22.0. The third-order valence-corrected chi connectivity index (χ3v) is 5.17. The Bertz CT molecular complexity index is 789. The van der Waals surface area contributed by atoms with Crippen LogP contribution < -0.4 is 0 Å². The second kappa shape index (κ2) is 9.90. The molecule has 1 aliphatic rings. The minimum atomic E-state index is -0.632. The Labute approximate surface area is 179 Å². The highest BCUT2D eigenvalue weighted by Gasteiger charge is 2.36. The summed E-state index contributed by atoms with van der Waals surface area (Å²) >= 11 is 0. The molecule has 1 atom stereocenters. The number of hydrogen-bond donors (Lipinski definition) is 0. The third kappa shape index (κ3) is 6.17. The lowest BCUT2D eigenvalue weighted by atomic mass is 10.1. The molecule has 0 spiro atoms. The van der Waals surface area contributed by atoms with Gasteiger partial charge in [-0.05, 0) is 51.2 Å². The number of carbonyl (C=O) groups excluding carboxylic acids is 2. The number of hydrogen-bond acceptors (Lipinski definition) is 4. The molecule has 3 rings (SSSR count). The number of amides is 2. The van der Waals surface area contributed by atoms with Crippen molar-refractivity contribution in [1.82, 2.24) is 9.80 Å². The SMILES string of the molecule is CC(C)(C)OC(=O)N1CCCCC(N(Cc2ccccc2)Cc2ccccc2)C1=O. The van der Waals surface area contributed by atoms with Gasteiger partial charge in [0.1, 0.15) is 5.60 Å². The molecule has 0 aromatic heterocycles. The van der Waals surface area contributed by atoms with Gasteiger partial charge in [0.15, 0.2) is 0 Å². The van der Waals surface area contributed by atoms with E-state index in [1.54, 1.807) is 0 Å². The van der Waals surface area contributed by atoms with Crippen LogP contribution in [0.25, 0.3) is 0 Å². The quantitative estimate of drug-likeness (QED) is 0.698. The summed E-state index contributed by atoms with van der Waals surface area (Å²) < 4.78 is 5.52.